The highest BCUT2D eigenvalue weighted by Gasteiger charge is 2.28. The summed E-state index contributed by atoms with van der Waals surface area (Å²) in [5.41, 5.74) is 1.12. The standard InChI is InChI=1S/C21H19N5O5/c1-2-25-16-8-5-13(9-15(16)24-19(29)20(25)30)18(28)23-14-6-3-12(4-7-14)11-26-17(27)10-22-21(26)31/h3-9H,2,10-11H2,1H3,(H,22,31)(H,23,28)(H,24,29). The van der Waals surface area contributed by atoms with Crippen LogP contribution in [0.1, 0.15) is 22.8 Å². The number of aromatic nitrogens is 2. The minimum Gasteiger partial charge on any atom is -0.329 e. The van der Waals surface area contributed by atoms with E-state index in [4.69, 9.17) is 0 Å². The summed E-state index contributed by atoms with van der Waals surface area (Å²) in [6.07, 6.45) is 0. The zero-order chi connectivity index (χ0) is 22.1. The van der Waals surface area contributed by atoms with E-state index in [1.54, 1.807) is 43.3 Å². The average molecular weight is 421 g/mol. The van der Waals surface area contributed by atoms with Gasteiger partial charge in [0.2, 0.25) is 5.91 Å². The van der Waals surface area contributed by atoms with Crippen molar-refractivity contribution in [3.05, 3.63) is 74.3 Å². The third-order valence-corrected chi connectivity index (χ3v) is 5.04. The number of carbonyl (C=O) groups excluding carboxylic acids is 3. The summed E-state index contributed by atoms with van der Waals surface area (Å²) in [5, 5.41) is 5.22. The van der Waals surface area contributed by atoms with E-state index in [1.807, 2.05) is 0 Å². The van der Waals surface area contributed by atoms with Crippen LogP contribution in [0.2, 0.25) is 0 Å². The minimum absolute atomic E-state index is 0.00160. The fraction of sp³-hybridized carbons (Fsp3) is 0.190. The topological polar surface area (TPSA) is 133 Å². The lowest BCUT2D eigenvalue weighted by molar-refractivity contribution is -0.125. The lowest BCUT2D eigenvalue weighted by Crippen LogP contribution is -2.36. The molecule has 0 bridgehead atoms. The maximum absolute atomic E-state index is 12.6. The quantitative estimate of drug-likeness (QED) is 0.418. The highest BCUT2D eigenvalue weighted by molar-refractivity contribution is 6.06. The molecule has 2 aromatic carbocycles. The van der Waals surface area contributed by atoms with Crippen molar-refractivity contribution in [3.63, 3.8) is 0 Å². The second kappa shape index (κ2) is 7.90. The number of fused-ring (bicyclic) bond motifs is 1. The number of hydrogen-bond donors (Lipinski definition) is 3. The molecule has 31 heavy (non-hydrogen) atoms. The Morgan fingerprint density at radius 3 is 2.45 bits per heavy atom. The van der Waals surface area contributed by atoms with E-state index >= 15 is 0 Å². The third-order valence-electron chi connectivity index (χ3n) is 5.04. The molecule has 3 N–H and O–H groups in total. The van der Waals surface area contributed by atoms with E-state index < -0.39 is 17.1 Å². The number of rotatable bonds is 5. The predicted octanol–water partition coefficient (Wildman–Crippen LogP) is 1.01. The Bertz CT molecular complexity index is 1310. The van der Waals surface area contributed by atoms with Crippen LogP contribution in [0, 0.1) is 0 Å². The van der Waals surface area contributed by atoms with E-state index in [2.05, 4.69) is 15.6 Å². The van der Waals surface area contributed by atoms with Crippen LogP contribution in [-0.4, -0.2) is 38.8 Å². The first kappa shape index (κ1) is 20.1. The van der Waals surface area contributed by atoms with Gasteiger partial charge in [0.25, 0.3) is 5.91 Å². The minimum atomic E-state index is -0.743. The zero-order valence-electron chi connectivity index (χ0n) is 16.6. The van der Waals surface area contributed by atoms with Gasteiger partial charge in [0.1, 0.15) is 0 Å². The van der Waals surface area contributed by atoms with Crippen LogP contribution in [0.25, 0.3) is 11.0 Å². The Kier molecular flexibility index (Phi) is 5.12. The van der Waals surface area contributed by atoms with Gasteiger partial charge in [-0.25, -0.2) is 4.79 Å². The largest absolute Gasteiger partial charge is 0.329 e. The van der Waals surface area contributed by atoms with Crippen LogP contribution in [-0.2, 0) is 17.9 Å². The number of amides is 4. The summed E-state index contributed by atoms with van der Waals surface area (Å²) in [4.78, 5) is 63.4. The molecule has 4 rings (SSSR count). The smallest absolute Gasteiger partial charge is 0.324 e. The van der Waals surface area contributed by atoms with E-state index in [1.165, 1.54) is 10.6 Å². The first-order valence-corrected chi connectivity index (χ1v) is 9.62. The molecule has 1 saturated heterocycles. The van der Waals surface area contributed by atoms with Crippen molar-refractivity contribution >= 4 is 34.6 Å². The van der Waals surface area contributed by atoms with Crippen molar-refractivity contribution in [2.45, 2.75) is 20.0 Å². The van der Waals surface area contributed by atoms with E-state index in [0.29, 0.717) is 28.8 Å². The summed E-state index contributed by atoms with van der Waals surface area (Å²) in [7, 11) is 0. The Morgan fingerprint density at radius 2 is 1.81 bits per heavy atom. The third kappa shape index (κ3) is 3.82. The Morgan fingerprint density at radius 1 is 1.06 bits per heavy atom. The molecule has 2 heterocycles. The molecule has 1 aliphatic rings. The number of nitrogens with zero attached hydrogens (tertiary/aromatic N) is 2. The Labute approximate surface area is 175 Å². The van der Waals surface area contributed by atoms with Gasteiger partial charge in [-0.05, 0) is 42.8 Å². The zero-order valence-corrected chi connectivity index (χ0v) is 16.6. The van der Waals surface area contributed by atoms with Gasteiger partial charge in [-0.3, -0.25) is 24.1 Å². The molecule has 3 aromatic rings. The number of imide groups is 1. The molecule has 0 spiro atoms. The van der Waals surface area contributed by atoms with Crippen molar-refractivity contribution in [1.82, 2.24) is 19.8 Å². The number of nitrogens with one attached hydrogen (secondary N) is 3. The highest BCUT2D eigenvalue weighted by Crippen LogP contribution is 2.16. The second-order valence-electron chi connectivity index (χ2n) is 7.03. The number of hydrogen-bond acceptors (Lipinski definition) is 5. The van der Waals surface area contributed by atoms with Gasteiger partial charge >= 0.3 is 17.1 Å². The maximum atomic E-state index is 12.6. The molecule has 0 radical (unpaired) electrons. The summed E-state index contributed by atoms with van der Waals surface area (Å²) in [6.45, 7) is 2.24. The van der Waals surface area contributed by atoms with Crippen LogP contribution >= 0.6 is 0 Å². The number of carbonyl (C=O) groups is 3. The van der Waals surface area contributed by atoms with Gasteiger partial charge in [0.05, 0.1) is 24.1 Å². The van der Waals surface area contributed by atoms with E-state index in [0.717, 1.165) is 10.5 Å². The lowest BCUT2D eigenvalue weighted by atomic mass is 10.1. The van der Waals surface area contributed by atoms with E-state index in [-0.39, 0.29) is 24.9 Å². The van der Waals surface area contributed by atoms with Crippen LogP contribution in [0.15, 0.2) is 52.1 Å². The van der Waals surface area contributed by atoms with Gasteiger partial charge in [0.15, 0.2) is 0 Å². The molecule has 4 amide bonds. The first-order chi connectivity index (χ1) is 14.9. The number of H-pyrrole nitrogens is 1. The highest BCUT2D eigenvalue weighted by atomic mass is 16.2. The number of aromatic amines is 1. The molecule has 10 heteroatoms. The number of anilines is 1. The van der Waals surface area contributed by atoms with Crippen LogP contribution in [0.5, 0.6) is 0 Å². The Hall–Kier alpha value is -4.21. The number of urea groups is 1. The molecule has 10 nitrogen and oxygen atoms in total. The molecule has 0 atom stereocenters. The van der Waals surface area contributed by atoms with Crippen molar-refractivity contribution in [1.29, 1.82) is 0 Å². The van der Waals surface area contributed by atoms with Crippen molar-refractivity contribution < 1.29 is 14.4 Å². The maximum Gasteiger partial charge on any atom is 0.324 e. The monoisotopic (exact) mass is 421 g/mol. The summed E-state index contributed by atoms with van der Waals surface area (Å²) in [5.74, 6) is -0.677. The molecule has 158 valence electrons. The van der Waals surface area contributed by atoms with Gasteiger partial charge in [0, 0.05) is 17.8 Å². The van der Waals surface area contributed by atoms with Crippen molar-refractivity contribution in [3.8, 4) is 0 Å². The summed E-state index contributed by atoms with van der Waals surface area (Å²) >= 11 is 0. The van der Waals surface area contributed by atoms with Crippen molar-refractivity contribution in [2.24, 2.45) is 0 Å². The van der Waals surface area contributed by atoms with Crippen LogP contribution < -0.4 is 21.8 Å². The fourth-order valence-corrected chi connectivity index (χ4v) is 3.43. The lowest BCUT2D eigenvalue weighted by Gasteiger charge is -2.13. The van der Waals surface area contributed by atoms with Gasteiger partial charge in [-0.15, -0.1) is 0 Å². The van der Waals surface area contributed by atoms with Gasteiger partial charge < -0.3 is 20.2 Å². The molecular formula is C21H19N5O5. The summed E-state index contributed by atoms with van der Waals surface area (Å²) < 4.78 is 1.35. The SMILES string of the molecule is CCn1c(=O)c(=O)[nH]c2cc(C(=O)Nc3ccc(CN4C(=O)CNC4=O)cc3)ccc21. The second-order valence-corrected chi connectivity index (χ2v) is 7.03. The van der Waals surface area contributed by atoms with Crippen LogP contribution in [0.4, 0.5) is 10.5 Å². The van der Waals surface area contributed by atoms with Crippen LogP contribution in [0.3, 0.4) is 0 Å². The first-order valence-electron chi connectivity index (χ1n) is 9.62. The Balaban J connectivity index is 1.51. The molecule has 1 aromatic heterocycles. The average Bonchev–Trinajstić information content (AvgIpc) is 3.07. The molecule has 0 aliphatic carbocycles. The number of benzene rings is 2. The fourth-order valence-electron chi connectivity index (χ4n) is 3.43. The van der Waals surface area contributed by atoms with Crippen molar-refractivity contribution in [2.75, 3.05) is 11.9 Å². The predicted molar refractivity (Wildman–Crippen MR) is 113 cm³/mol. The molecular weight excluding hydrogens is 402 g/mol. The number of aryl methyl sites for hydroxylation is 1. The molecule has 1 aliphatic heterocycles. The van der Waals surface area contributed by atoms with Gasteiger partial charge in [-0.1, -0.05) is 12.1 Å². The summed E-state index contributed by atoms with van der Waals surface area (Å²) in [6, 6.07) is 11.1. The molecule has 1 fully saturated rings. The van der Waals surface area contributed by atoms with Gasteiger partial charge in [-0.2, -0.15) is 0 Å². The molecule has 0 saturated carbocycles. The molecule has 0 unspecified atom stereocenters. The van der Waals surface area contributed by atoms with E-state index in [9.17, 15) is 24.0 Å². The normalized spacial score (nSPS) is 13.5.